The SMILES string of the molecule is CC(=O)N[C@H]1[C@H](OCC(C)CCC[C@@H](C)[C@H]2CC[C@H]3[C@@H]4CC[C@H]5CCCC[C@]5(C)[C@H]4CC[C@]23C)O[C@H](CO)[C@@H](O)[C@@H]1O. The van der Waals surface area contributed by atoms with Gasteiger partial charge in [0.2, 0.25) is 5.91 Å². The van der Waals surface area contributed by atoms with E-state index >= 15 is 0 Å². The van der Waals surface area contributed by atoms with Crippen molar-refractivity contribution in [2.24, 2.45) is 52.3 Å². The Morgan fingerprint density at radius 2 is 1.71 bits per heavy atom. The van der Waals surface area contributed by atoms with Gasteiger partial charge < -0.3 is 30.1 Å². The molecule has 1 aliphatic heterocycles. The molecule has 7 nitrogen and oxygen atoms in total. The van der Waals surface area contributed by atoms with Crippen LogP contribution in [0.1, 0.15) is 118 Å². The number of hydrogen-bond acceptors (Lipinski definition) is 6. The van der Waals surface area contributed by atoms with Gasteiger partial charge in [0.05, 0.1) is 13.2 Å². The fourth-order valence-electron chi connectivity index (χ4n) is 11.2. The second-order valence-corrected chi connectivity index (χ2v) is 15.9. The van der Waals surface area contributed by atoms with Gasteiger partial charge in [-0.05, 0) is 110 Å². The van der Waals surface area contributed by atoms with Crippen LogP contribution in [0, 0.1) is 52.3 Å². The van der Waals surface area contributed by atoms with E-state index in [1.54, 1.807) is 0 Å². The normalized spacial score (nSPS) is 46.7. The lowest BCUT2D eigenvalue weighted by atomic mass is 9.44. The average molecular weight is 592 g/mol. The van der Waals surface area contributed by atoms with Gasteiger partial charge in [0.1, 0.15) is 24.4 Å². The lowest BCUT2D eigenvalue weighted by Crippen LogP contribution is -2.64. The van der Waals surface area contributed by atoms with Crippen LogP contribution >= 0.6 is 0 Å². The first kappa shape index (κ1) is 32.7. The number of rotatable bonds is 10. The fourth-order valence-corrected chi connectivity index (χ4v) is 11.2. The lowest BCUT2D eigenvalue weighted by Gasteiger charge is -2.61. The quantitative estimate of drug-likeness (QED) is 0.270. The van der Waals surface area contributed by atoms with Crippen molar-refractivity contribution >= 4 is 5.91 Å². The van der Waals surface area contributed by atoms with Gasteiger partial charge in [-0.1, -0.05) is 53.4 Å². The summed E-state index contributed by atoms with van der Waals surface area (Å²) >= 11 is 0. The minimum Gasteiger partial charge on any atom is -0.394 e. The molecule has 4 aliphatic carbocycles. The molecule has 0 radical (unpaired) electrons. The molecule has 0 aromatic carbocycles. The Hall–Kier alpha value is -0.730. The van der Waals surface area contributed by atoms with Gasteiger partial charge in [0.25, 0.3) is 0 Å². The lowest BCUT2D eigenvalue weighted by molar-refractivity contribution is -0.272. The predicted molar refractivity (Wildman–Crippen MR) is 163 cm³/mol. The molecular formula is C35H61NO6. The van der Waals surface area contributed by atoms with Crippen LogP contribution in [0.5, 0.6) is 0 Å². The first-order chi connectivity index (χ1) is 20.0. The van der Waals surface area contributed by atoms with Crippen molar-refractivity contribution in [2.75, 3.05) is 13.2 Å². The van der Waals surface area contributed by atoms with Gasteiger partial charge in [0, 0.05) is 6.92 Å². The minimum atomic E-state index is -1.29. The third kappa shape index (κ3) is 6.21. The molecular weight excluding hydrogens is 530 g/mol. The van der Waals surface area contributed by atoms with E-state index in [0.717, 1.165) is 48.3 Å². The predicted octanol–water partition coefficient (Wildman–Crippen LogP) is 5.44. The molecule has 242 valence electrons. The number of amides is 1. The van der Waals surface area contributed by atoms with E-state index in [1.807, 2.05) is 0 Å². The average Bonchev–Trinajstić information content (AvgIpc) is 3.32. The van der Waals surface area contributed by atoms with Crippen molar-refractivity contribution in [2.45, 2.75) is 149 Å². The molecule has 0 aromatic rings. The highest BCUT2D eigenvalue weighted by molar-refractivity contribution is 5.73. The highest BCUT2D eigenvalue weighted by Crippen LogP contribution is 2.68. The maximum atomic E-state index is 11.7. The molecule has 5 rings (SSSR count). The molecule has 42 heavy (non-hydrogen) atoms. The Kier molecular flexibility index (Phi) is 10.4. The standard InChI is InChI=1S/C35H61NO6/c1-21(20-41-33-30(36-23(3)38)32(40)31(39)29(19-37)42-33)9-8-10-22(2)26-14-15-27-25-13-12-24-11-6-7-17-34(24,4)28(25)16-18-35(26,27)5/h21-22,24-33,37,39-40H,6-20H2,1-5H3,(H,36,38)/t21?,22-,24-,25+,26-,27+,28+,29-,30-,31-,32-,33-,34+,35-/m1/s1. The second kappa shape index (κ2) is 13.3. The monoisotopic (exact) mass is 591 g/mol. The van der Waals surface area contributed by atoms with Gasteiger partial charge in [0.15, 0.2) is 6.29 Å². The Labute approximate surface area is 254 Å². The Morgan fingerprint density at radius 3 is 2.45 bits per heavy atom. The van der Waals surface area contributed by atoms with E-state index in [4.69, 9.17) is 9.47 Å². The highest BCUT2D eigenvalue weighted by Gasteiger charge is 2.60. The summed E-state index contributed by atoms with van der Waals surface area (Å²) in [6, 6.07) is -0.880. The van der Waals surface area contributed by atoms with Crippen molar-refractivity contribution in [1.82, 2.24) is 5.32 Å². The van der Waals surface area contributed by atoms with Crippen LogP contribution in [0.15, 0.2) is 0 Å². The number of aliphatic hydroxyl groups excluding tert-OH is 3. The summed E-state index contributed by atoms with van der Waals surface area (Å²) in [7, 11) is 0. The third-order valence-electron chi connectivity index (χ3n) is 13.5. The van der Waals surface area contributed by atoms with Crippen molar-refractivity contribution in [1.29, 1.82) is 0 Å². The van der Waals surface area contributed by atoms with E-state index in [-0.39, 0.29) is 5.91 Å². The Morgan fingerprint density at radius 1 is 0.952 bits per heavy atom. The van der Waals surface area contributed by atoms with Crippen LogP contribution in [0.3, 0.4) is 0 Å². The number of carbonyl (C=O) groups excluding carboxylic acids is 1. The van der Waals surface area contributed by atoms with E-state index in [0.29, 0.717) is 23.4 Å². The van der Waals surface area contributed by atoms with Crippen molar-refractivity contribution in [3.8, 4) is 0 Å². The molecule has 0 aromatic heterocycles. The Balaban J connectivity index is 1.10. The van der Waals surface area contributed by atoms with E-state index < -0.39 is 37.3 Å². The highest BCUT2D eigenvalue weighted by atomic mass is 16.7. The second-order valence-electron chi connectivity index (χ2n) is 15.9. The number of carbonyl (C=O) groups is 1. The molecule has 5 aliphatic rings. The Bertz CT molecular complexity index is 916. The molecule has 5 fully saturated rings. The third-order valence-corrected chi connectivity index (χ3v) is 13.5. The molecule has 0 spiro atoms. The van der Waals surface area contributed by atoms with Crippen LogP contribution < -0.4 is 5.32 Å². The molecule has 7 heteroatoms. The largest absolute Gasteiger partial charge is 0.394 e. The molecule has 4 N–H and O–H groups in total. The number of ether oxygens (including phenoxy) is 2. The summed E-state index contributed by atoms with van der Waals surface area (Å²) in [5.41, 5.74) is 1.13. The van der Waals surface area contributed by atoms with Gasteiger partial charge in [-0.15, -0.1) is 0 Å². The fraction of sp³-hybridized carbons (Fsp3) is 0.971. The van der Waals surface area contributed by atoms with Crippen LogP contribution in [-0.4, -0.2) is 65.1 Å². The zero-order valence-corrected chi connectivity index (χ0v) is 27.1. The number of fused-ring (bicyclic) bond motifs is 5. The first-order valence-corrected chi connectivity index (χ1v) is 17.5. The number of aliphatic hydroxyl groups is 3. The summed E-state index contributed by atoms with van der Waals surface area (Å²) in [5.74, 6) is 5.39. The molecule has 1 heterocycles. The summed E-state index contributed by atoms with van der Waals surface area (Å²) in [6.45, 7) is 11.4. The van der Waals surface area contributed by atoms with Gasteiger partial charge >= 0.3 is 0 Å². The van der Waals surface area contributed by atoms with Crippen molar-refractivity contribution in [3.05, 3.63) is 0 Å². The molecule has 1 saturated heterocycles. The molecule has 1 amide bonds. The van der Waals surface area contributed by atoms with Gasteiger partial charge in [-0.3, -0.25) is 4.79 Å². The summed E-state index contributed by atoms with van der Waals surface area (Å²) in [5, 5.41) is 33.0. The molecule has 4 saturated carbocycles. The van der Waals surface area contributed by atoms with Crippen LogP contribution in [-0.2, 0) is 14.3 Å². The number of hydrogen-bond donors (Lipinski definition) is 4. The number of nitrogens with one attached hydrogen (secondary N) is 1. The van der Waals surface area contributed by atoms with Crippen molar-refractivity contribution in [3.63, 3.8) is 0 Å². The van der Waals surface area contributed by atoms with E-state index in [1.165, 1.54) is 77.6 Å². The molecule has 1 unspecified atom stereocenters. The van der Waals surface area contributed by atoms with Crippen molar-refractivity contribution < 1.29 is 29.6 Å². The van der Waals surface area contributed by atoms with Gasteiger partial charge in [-0.2, -0.15) is 0 Å². The minimum absolute atomic E-state index is 0.295. The van der Waals surface area contributed by atoms with E-state index in [9.17, 15) is 20.1 Å². The first-order valence-electron chi connectivity index (χ1n) is 17.5. The van der Waals surface area contributed by atoms with Gasteiger partial charge in [-0.25, -0.2) is 0 Å². The summed E-state index contributed by atoms with van der Waals surface area (Å²) in [6.07, 6.45) is 13.7. The summed E-state index contributed by atoms with van der Waals surface area (Å²) < 4.78 is 11.8. The van der Waals surface area contributed by atoms with Crippen LogP contribution in [0.2, 0.25) is 0 Å². The zero-order valence-electron chi connectivity index (χ0n) is 27.1. The zero-order chi connectivity index (χ0) is 30.2. The maximum Gasteiger partial charge on any atom is 0.217 e. The maximum absolute atomic E-state index is 11.7. The van der Waals surface area contributed by atoms with Crippen LogP contribution in [0.25, 0.3) is 0 Å². The van der Waals surface area contributed by atoms with E-state index in [2.05, 4.69) is 33.0 Å². The molecule has 14 atom stereocenters. The topological polar surface area (TPSA) is 108 Å². The summed E-state index contributed by atoms with van der Waals surface area (Å²) in [4.78, 5) is 11.7. The molecule has 0 bridgehead atoms. The smallest absolute Gasteiger partial charge is 0.217 e. The van der Waals surface area contributed by atoms with Crippen LogP contribution in [0.4, 0.5) is 0 Å².